The Labute approximate surface area is 133 Å². The fourth-order valence-electron chi connectivity index (χ4n) is 2.72. The fraction of sp³-hybridized carbons (Fsp3) is 0.875. The minimum Gasteiger partial charge on any atom is -0.450 e. The van der Waals surface area contributed by atoms with Crippen LogP contribution in [0.4, 0.5) is 9.59 Å². The van der Waals surface area contributed by atoms with E-state index >= 15 is 0 Å². The van der Waals surface area contributed by atoms with Crippen LogP contribution < -0.4 is 10.6 Å². The zero-order chi connectivity index (χ0) is 16.2. The molecule has 0 bridgehead atoms. The number of rotatable bonds is 8. The van der Waals surface area contributed by atoms with Crippen LogP contribution in [0.1, 0.15) is 52.4 Å². The van der Waals surface area contributed by atoms with Crippen molar-refractivity contribution in [2.45, 2.75) is 52.4 Å². The number of alkyl carbamates (subject to hydrolysis) is 2. The normalized spacial score (nSPS) is 21.0. The van der Waals surface area contributed by atoms with E-state index in [2.05, 4.69) is 10.6 Å². The summed E-state index contributed by atoms with van der Waals surface area (Å²) in [6, 6.07) is 0. The molecule has 128 valence electrons. The van der Waals surface area contributed by atoms with E-state index in [1.165, 1.54) is 0 Å². The van der Waals surface area contributed by atoms with Crippen molar-refractivity contribution in [1.29, 1.82) is 0 Å². The molecule has 1 aliphatic carbocycles. The molecule has 6 nitrogen and oxygen atoms in total. The molecule has 1 fully saturated rings. The lowest BCUT2D eigenvalue weighted by atomic mass is 9.81. The minimum absolute atomic E-state index is 0.328. The molecule has 6 heteroatoms. The van der Waals surface area contributed by atoms with Gasteiger partial charge in [-0.25, -0.2) is 9.59 Å². The molecule has 0 aliphatic heterocycles. The monoisotopic (exact) mass is 314 g/mol. The summed E-state index contributed by atoms with van der Waals surface area (Å²) < 4.78 is 10.0. The Kier molecular flexibility index (Phi) is 9.42. The second-order valence-electron chi connectivity index (χ2n) is 5.93. The van der Waals surface area contributed by atoms with E-state index in [1.807, 2.05) is 13.8 Å². The van der Waals surface area contributed by atoms with Gasteiger partial charge in [-0.1, -0.05) is 20.3 Å². The van der Waals surface area contributed by atoms with Gasteiger partial charge in [0.2, 0.25) is 0 Å². The van der Waals surface area contributed by atoms with E-state index in [1.54, 1.807) is 0 Å². The van der Waals surface area contributed by atoms with E-state index < -0.39 is 0 Å². The van der Waals surface area contributed by atoms with Crippen LogP contribution in [0.5, 0.6) is 0 Å². The van der Waals surface area contributed by atoms with Crippen molar-refractivity contribution in [3.63, 3.8) is 0 Å². The highest BCUT2D eigenvalue weighted by atomic mass is 16.6. The SMILES string of the molecule is CCCOC(=O)NCC1CCCC(CNC(=O)OCCC)C1. The van der Waals surface area contributed by atoms with Crippen molar-refractivity contribution in [2.75, 3.05) is 26.3 Å². The molecule has 2 N–H and O–H groups in total. The summed E-state index contributed by atoms with van der Waals surface area (Å²) in [4.78, 5) is 22.9. The molecular weight excluding hydrogens is 284 g/mol. The van der Waals surface area contributed by atoms with E-state index in [-0.39, 0.29) is 12.2 Å². The Hall–Kier alpha value is -1.46. The highest BCUT2D eigenvalue weighted by Gasteiger charge is 2.23. The molecule has 22 heavy (non-hydrogen) atoms. The first-order valence-corrected chi connectivity index (χ1v) is 8.46. The molecule has 2 unspecified atom stereocenters. The number of hydrogen-bond acceptors (Lipinski definition) is 4. The molecule has 0 aromatic carbocycles. The first kappa shape index (κ1) is 18.6. The summed E-state index contributed by atoms with van der Waals surface area (Å²) in [6.45, 7) is 6.17. The van der Waals surface area contributed by atoms with Crippen LogP contribution >= 0.6 is 0 Å². The zero-order valence-corrected chi connectivity index (χ0v) is 13.9. The summed E-state index contributed by atoms with van der Waals surface area (Å²) in [6.07, 6.45) is 5.39. The van der Waals surface area contributed by atoms with Crippen molar-refractivity contribution >= 4 is 12.2 Å². The molecule has 0 radical (unpaired) electrons. The van der Waals surface area contributed by atoms with Crippen molar-refractivity contribution in [3.8, 4) is 0 Å². The van der Waals surface area contributed by atoms with Crippen molar-refractivity contribution < 1.29 is 19.1 Å². The Bertz CT molecular complexity index is 306. The summed E-state index contributed by atoms with van der Waals surface area (Å²) in [5.74, 6) is 0.919. The van der Waals surface area contributed by atoms with Crippen LogP contribution in [0.2, 0.25) is 0 Å². The predicted octanol–water partition coefficient (Wildman–Crippen LogP) is 3.07. The zero-order valence-electron chi connectivity index (χ0n) is 13.9. The van der Waals surface area contributed by atoms with Gasteiger partial charge in [-0.2, -0.15) is 0 Å². The van der Waals surface area contributed by atoms with E-state index in [0.717, 1.165) is 38.5 Å². The Morgan fingerprint density at radius 1 is 0.909 bits per heavy atom. The predicted molar refractivity (Wildman–Crippen MR) is 84.7 cm³/mol. The van der Waals surface area contributed by atoms with Gasteiger partial charge in [0.05, 0.1) is 13.2 Å². The second-order valence-corrected chi connectivity index (χ2v) is 5.93. The largest absolute Gasteiger partial charge is 0.450 e. The van der Waals surface area contributed by atoms with Gasteiger partial charge in [-0.3, -0.25) is 0 Å². The minimum atomic E-state index is -0.328. The summed E-state index contributed by atoms with van der Waals surface area (Å²) in [7, 11) is 0. The lowest BCUT2D eigenvalue weighted by Crippen LogP contribution is -2.36. The summed E-state index contributed by atoms with van der Waals surface area (Å²) >= 11 is 0. The van der Waals surface area contributed by atoms with Gasteiger partial charge < -0.3 is 20.1 Å². The van der Waals surface area contributed by atoms with Crippen molar-refractivity contribution in [1.82, 2.24) is 10.6 Å². The number of hydrogen-bond donors (Lipinski definition) is 2. The van der Waals surface area contributed by atoms with Crippen molar-refractivity contribution in [3.05, 3.63) is 0 Å². The van der Waals surface area contributed by atoms with Crippen LogP contribution in [-0.4, -0.2) is 38.5 Å². The number of ether oxygens (including phenoxy) is 2. The smallest absolute Gasteiger partial charge is 0.407 e. The molecular formula is C16H30N2O4. The number of nitrogens with one attached hydrogen (secondary N) is 2. The third-order valence-electron chi connectivity index (χ3n) is 3.84. The Morgan fingerprint density at radius 2 is 1.36 bits per heavy atom. The molecule has 0 heterocycles. The first-order chi connectivity index (χ1) is 10.7. The van der Waals surface area contributed by atoms with Crippen LogP contribution in [0.15, 0.2) is 0 Å². The van der Waals surface area contributed by atoms with Crippen LogP contribution in [-0.2, 0) is 9.47 Å². The standard InChI is InChI=1S/C16H30N2O4/c1-3-8-21-15(19)17-11-13-6-5-7-14(10-13)12-18-16(20)22-9-4-2/h13-14H,3-12H2,1-2H3,(H,17,19)(H,18,20). The van der Waals surface area contributed by atoms with Crippen molar-refractivity contribution in [2.24, 2.45) is 11.8 Å². The highest BCUT2D eigenvalue weighted by molar-refractivity contribution is 5.67. The molecule has 0 aromatic rings. The fourth-order valence-corrected chi connectivity index (χ4v) is 2.72. The molecule has 2 amide bonds. The third-order valence-corrected chi connectivity index (χ3v) is 3.84. The van der Waals surface area contributed by atoms with Gasteiger partial charge in [0.1, 0.15) is 0 Å². The summed E-state index contributed by atoms with van der Waals surface area (Å²) in [5.41, 5.74) is 0. The number of amides is 2. The Balaban J connectivity index is 2.18. The quantitative estimate of drug-likeness (QED) is 0.722. The first-order valence-electron chi connectivity index (χ1n) is 8.46. The van der Waals surface area contributed by atoms with Gasteiger partial charge in [0.15, 0.2) is 0 Å². The van der Waals surface area contributed by atoms with Gasteiger partial charge in [-0.15, -0.1) is 0 Å². The molecule has 2 atom stereocenters. The average molecular weight is 314 g/mol. The molecule has 1 rings (SSSR count). The molecule has 0 spiro atoms. The third kappa shape index (κ3) is 8.10. The molecule has 0 aromatic heterocycles. The summed E-state index contributed by atoms with van der Waals surface area (Å²) in [5, 5.41) is 5.65. The van der Waals surface area contributed by atoms with Gasteiger partial charge in [0, 0.05) is 13.1 Å². The van der Waals surface area contributed by atoms with E-state index in [0.29, 0.717) is 38.1 Å². The van der Waals surface area contributed by atoms with E-state index in [4.69, 9.17) is 9.47 Å². The van der Waals surface area contributed by atoms with Gasteiger partial charge >= 0.3 is 12.2 Å². The second kappa shape index (κ2) is 11.2. The highest BCUT2D eigenvalue weighted by Crippen LogP contribution is 2.28. The molecule has 1 aliphatic rings. The molecule has 1 saturated carbocycles. The lowest BCUT2D eigenvalue weighted by molar-refractivity contribution is 0.139. The lowest BCUT2D eigenvalue weighted by Gasteiger charge is -2.29. The van der Waals surface area contributed by atoms with E-state index in [9.17, 15) is 9.59 Å². The maximum Gasteiger partial charge on any atom is 0.407 e. The number of carbonyl (C=O) groups excluding carboxylic acids is 2. The topological polar surface area (TPSA) is 76.7 Å². The van der Waals surface area contributed by atoms with Gasteiger partial charge in [0.25, 0.3) is 0 Å². The average Bonchev–Trinajstić information content (AvgIpc) is 2.54. The maximum atomic E-state index is 11.4. The number of carbonyl (C=O) groups is 2. The Morgan fingerprint density at radius 3 is 1.77 bits per heavy atom. The van der Waals surface area contributed by atoms with Crippen LogP contribution in [0, 0.1) is 11.8 Å². The van der Waals surface area contributed by atoms with Crippen LogP contribution in [0.25, 0.3) is 0 Å². The maximum absolute atomic E-state index is 11.4. The molecule has 0 saturated heterocycles. The van der Waals surface area contributed by atoms with Crippen LogP contribution in [0.3, 0.4) is 0 Å². The van der Waals surface area contributed by atoms with Gasteiger partial charge in [-0.05, 0) is 43.9 Å².